The van der Waals surface area contributed by atoms with Crippen molar-refractivity contribution in [2.45, 2.75) is 12.8 Å². The minimum atomic E-state index is -0.661. The highest BCUT2D eigenvalue weighted by molar-refractivity contribution is 5.98. The molecule has 3 aromatic rings. The highest BCUT2D eigenvalue weighted by Gasteiger charge is 2.27. The summed E-state index contributed by atoms with van der Waals surface area (Å²) in [5.74, 6) is -1.50. The Morgan fingerprint density at radius 3 is 2.38 bits per heavy atom. The lowest BCUT2D eigenvalue weighted by Gasteiger charge is -2.35. The van der Waals surface area contributed by atoms with Crippen LogP contribution in [0.5, 0.6) is 0 Å². The van der Waals surface area contributed by atoms with Gasteiger partial charge < -0.3 is 15.1 Å². The molecule has 0 radical (unpaired) electrons. The molecule has 4 rings (SSSR count). The molecule has 176 valence electrons. The number of carbonyl (C=O) groups is 3. The predicted molar refractivity (Wildman–Crippen MR) is 124 cm³/mol. The number of fused-ring (bicyclic) bond motifs is 1. The number of piperazine rings is 1. The van der Waals surface area contributed by atoms with E-state index >= 15 is 0 Å². The number of aromatic nitrogens is 2. The highest BCUT2D eigenvalue weighted by Crippen LogP contribution is 2.26. The summed E-state index contributed by atoms with van der Waals surface area (Å²) < 4.78 is 14.7. The molecule has 0 spiro atoms. The van der Waals surface area contributed by atoms with Gasteiger partial charge in [0, 0.05) is 57.0 Å². The van der Waals surface area contributed by atoms with Crippen LogP contribution in [-0.2, 0) is 9.59 Å². The van der Waals surface area contributed by atoms with Crippen LogP contribution in [0.4, 0.5) is 4.39 Å². The Balaban J connectivity index is 1.51. The predicted octanol–water partition coefficient (Wildman–Crippen LogP) is 1.54. The maximum absolute atomic E-state index is 14.7. The van der Waals surface area contributed by atoms with Gasteiger partial charge in [-0.25, -0.2) is 9.49 Å². The first-order valence-corrected chi connectivity index (χ1v) is 10.9. The lowest BCUT2D eigenvalue weighted by atomic mass is 10.0. The maximum Gasteiger partial charge on any atom is 0.272 e. The third-order valence-corrected chi connectivity index (χ3v) is 5.93. The van der Waals surface area contributed by atoms with Crippen molar-refractivity contribution in [3.05, 3.63) is 64.2 Å². The fourth-order valence-corrected chi connectivity index (χ4v) is 4.00. The molecule has 1 saturated heterocycles. The van der Waals surface area contributed by atoms with Gasteiger partial charge in [0.15, 0.2) is 0 Å². The Morgan fingerprint density at radius 2 is 1.68 bits per heavy atom. The zero-order valence-electron chi connectivity index (χ0n) is 18.6. The Bertz CT molecular complexity index is 1310. The van der Waals surface area contributed by atoms with Crippen LogP contribution in [0.2, 0.25) is 0 Å². The number of aromatic amines is 1. The van der Waals surface area contributed by atoms with Crippen molar-refractivity contribution in [1.82, 2.24) is 25.3 Å². The maximum atomic E-state index is 14.7. The molecular formula is C24H24FN5O4. The van der Waals surface area contributed by atoms with Gasteiger partial charge in [0.2, 0.25) is 11.8 Å². The normalized spacial score (nSPS) is 13.7. The van der Waals surface area contributed by atoms with Gasteiger partial charge in [0.1, 0.15) is 5.82 Å². The molecule has 0 unspecified atom stereocenters. The van der Waals surface area contributed by atoms with Crippen LogP contribution in [0.1, 0.15) is 23.2 Å². The molecule has 0 bridgehead atoms. The van der Waals surface area contributed by atoms with E-state index in [1.54, 1.807) is 29.2 Å². The minimum absolute atomic E-state index is 0.102. The number of nitrogens with one attached hydrogen (secondary N) is 2. The first kappa shape index (κ1) is 23.1. The summed E-state index contributed by atoms with van der Waals surface area (Å²) in [6, 6.07) is 11.1. The molecule has 1 aliphatic heterocycles. The molecule has 2 N–H and O–H groups in total. The van der Waals surface area contributed by atoms with E-state index in [9.17, 15) is 23.6 Å². The number of hydrogen-bond acceptors (Lipinski definition) is 5. The summed E-state index contributed by atoms with van der Waals surface area (Å²) in [5.41, 5.74) is 0.505. The SMILES string of the molecule is CNC(=O)CCC(=O)N1CCN(C(=O)c2cc(-c3n[nH]c(=O)c4ccccc34)ccc2F)CC1. The molecule has 1 fully saturated rings. The fourth-order valence-electron chi connectivity index (χ4n) is 4.00. The van der Waals surface area contributed by atoms with Gasteiger partial charge in [-0.1, -0.05) is 18.2 Å². The van der Waals surface area contributed by atoms with Crippen molar-refractivity contribution in [3.8, 4) is 11.3 Å². The van der Waals surface area contributed by atoms with Crippen LogP contribution < -0.4 is 10.9 Å². The van der Waals surface area contributed by atoms with Crippen molar-refractivity contribution < 1.29 is 18.8 Å². The Labute approximate surface area is 194 Å². The van der Waals surface area contributed by atoms with Crippen LogP contribution in [0.3, 0.4) is 0 Å². The molecule has 0 atom stereocenters. The topological polar surface area (TPSA) is 115 Å². The van der Waals surface area contributed by atoms with Gasteiger partial charge in [0.25, 0.3) is 11.5 Å². The number of halogens is 1. The van der Waals surface area contributed by atoms with E-state index in [0.717, 1.165) is 0 Å². The molecule has 1 aromatic heterocycles. The summed E-state index contributed by atoms with van der Waals surface area (Å²) in [6.45, 7) is 1.14. The molecule has 1 aliphatic rings. The summed E-state index contributed by atoms with van der Waals surface area (Å²) in [6.07, 6.45) is 0.213. The zero-order chi connectivity index (χ0) is 24.2. The summed E-state index contributed by atoms with van der Waals surface area (Å²) in [7, 11) is 1.51. The molecule has 2 heterocycles. The number of hydrogen-bond donors (Lipinski definition) is 2. The second-order valence-corrected chi connectivity index (χ2v) is 7.99. The van der Waals surface area contributed by atoms with Crippen LogP contribution in [0.25, 0.3) is 22.0 Å². The van der Waals surface area contributed by atoms with Crippen molar-refractivity contribution in [2.24, 2.45) is 0 Å². The van der Waals surface area contributed by atoms with E-state index in [1.165, 1.54) is 30.1 Å². The lowest BCUT2D eigenvalue weighted by Crippen LogP contribution is -2.50. The van der Waals surface area contributed by atoms with Gasteiger partial charge in [0.05, 0.1) is 16.6 Å². The van der Waals surface area contributed by atoms with Crippen molar-refractivity contribution >= 4 is 28.5 Å². The third kappa shape index (κ3) is 4.66. The average molecular weight is 465 g/mol. The molecular weight excluding hydrogens is 441 g/mol. The number of H-pyrrole nitrogens is 1. The molecule has 10 heteroatoms. The molecule has 0 aliphatic carbocycles. The van der Waals surface area contributed by atoms with Gasteiger partial charge in [-0.05, 0) is 24.3 Å². The van der Waals surface area contributed by atoms with Crippen molar-refractivity contribution in [1.29, 1.82) is 0 Å². The first-order chi connectivity index (χ1) is 16.4. The van der Waals surface area contributed by atoms with Gasteiger partial charge in [-0.2, -0.15) is 5.10 Å². The van der Waals surface area contributed by atoms with Crippen molar-refractivity contribution in [2.75, 3.05) is 33.2 Å². The fraction of sp³-hybridized carbons (Fsp3) is 0.292. The highest BCUT2D eigenvalue weighted by atomic mass is 19.1. The average Bonchev–Trinajstić information content (AvgIpc) is 2.87. The Hall–Kier alpha value is -4.08. The lowest BCUT2D eigenvalue weighted by molar-refractivity contribution is -0.134. The van der Waals surface area contributed by atoms with Crippen LogP contribution in [-0.4, -0.2) is 70.9 Å². The molecule has 9 nitrogen and oxygen atoms in total. The van der Waals surface area contributed by atoms with Crippen LogP contribution in [0, 0.1) is 5.82 Å². The largest absolute Gasteiger partial charge is 0.359 e. The summed E-state index contributed by atoms with van der Waals surface area (Å²) in [4.78, 5) is 51.9. The van der Waals surface area contributed by atoms with E-state index in [1.807, 2.05) is 0 Å². The summed E-state index contributed by atoms with van der Waals surface area (Å²) >= 11 is 0. The smallest absolute Gasteiger partial charge is 0.272 e. The second-order valence-electron chi connectivity index (χ2n) is 7.99. The van der Waals surface area contributed by atoms with Crippen LogP contribution >= 0.6 is 0 Å². The van der Waals surface area contributed by atoms with E-state index in [-0.39, 0.29) is 48.9 Å². The van der Waals surface area contributed by atoms with Gasteiger partial charge in [-0.3, -0.25) is 19.2 Å². The standard InChI is InChI=1S/C24H24FN5O4/c1-26-20(31)8-9-21(32)29-10-12-30(13-11-29)24(34)18-14-15(6-7-19(18)25)22-16-4-2-3-5-17(16)23(33)28-27-22/h2-7,14H,8-13H2,1H3,(H,26,31)(H,28,33). The third-order valence-electron chi connectivity index (χ3n) is 5.93. The van der Waals surface area contributed by atoms with Gasteiger partial charge >= 0.3 is 0 Å². The number of carbonyl (C=O) groups excluding carboxylic acids is 3. The Kier molecular flexibility index (Phi) is 6.67. The van der Waals surface area contributed by atoms with Crippen molar-refractivity contribution in [3.63, 3.8) is 0 Å². The minimum Gasteiger partial charge on any atom is -0.359 e. The molecule has 2 aromatic carbocycles. The van der Waals surface area contributed by atoms with E-state index < -0.39 is 11.7 Å². The van der Waals surface area contributed by atoms with E-state index in [2.05, 4.69) is 15.5 Å². The number of benzene rings is 2. The van der Waals surface area contributed by atoms with E-state index in [4.69, 9.17) is 0 Å². The molecule has 3 amide bonds. The second kappa shape index (κ2) is 9.82. The summed E-state index contributed by atoms with van der Waals surface area (Å²) in [5, 5.41) is 10.1. The quantitative estimate of drug-likeness (QED) is 0.593. The van der Waals surface area contributed by atoms with Crippen LogP contribution in [0.15, 0.2) is 47.3 Å². The molecule has 0 saturated carbocycles. The number of nitrogens with zero attached hydrogens (tertiary/aromatic N) is 3. The molecule has 34 heavy (non-hydrogen) atoms. The first-order valence-electron chi connectivity index (χ1n) is 10.9. The van der Waals surface area contributed by atoms with E-state index in [0.29, 0.717) is 35.1 Å². The number of rotatable bonds is 5. The van der Waals surface area contributed by atoms with Gasteiger partial charge in [-0.15, -0.1) is 0 Å². The number of amides is 3. The Morgan fingerprint density at radius 1 is 1.00 bits per heavy atom. The zero-order valence-corrected chi connectivity index (χ0v) is 18.6. The monoisotopic (exact) mass is 465 g/mol.